The van der Waals surface area contributed by atoms with Gasteiger partial charge in [-0.15, -0.1) is 0 Å². The molecular weight excluding hydrogens is 646 g/mol. The van der Waals surface area contributed by atoms with Gasteiger partial charge in [0, 0.05) is 40.5 Å². The normalized spacial score (nSPS) is 33.2. The van der Waals surface area contributed by atoms with Crippen LogP contribution in [-0.4, -0.2) is 104 Å². The molecule has 2 N–H and O–H groups in total. The first kappa shape index (κ1) is 37.2. The van der Waals surface area contributed by atoms with Crippen LogP contribution >= 0.6 is 11.6 Å². The number of fused-ring (bicyclic) bond motifs is 5. The van der Waals surface area contributed by atoms with Gasteiger partial charge in [-0.3, -0.25) is 14.9 Å². The maximum Gasteiger partial charge on any atom is 0.409 e. The molecule has 0 spiro atoms. The summed E-state index contributed by atoms with van der Waals surface area (Å²) in [4.78, 5) is 54.7. The number of aliphatic hydroxyl groups is 1. The zero-order valence-electron chi connectivity index (χ0n) is 28.9. The molecule has 4 rings (SSSR count). The van der Waals surface area contributed by atoms with E-state index in [0.29, 0.717) is 17.9 Å². The number of alkyl carbamates (subject to hydrolysis) is 1. The van der Waals surface area contributed by atoms with E-state index in [1.54, 1.807) is 45.2 Å². The van der Waals surface area contributed by atoms with Crippen molar-refractivity contribution in [1.82, 2.24) is 10.2 Å². The molecular formula is C34H46ClN3O10. The van der Waals surface area contributed by atoms with Crippen LogP contribution in [0.1, 0.15) is 53.0 Å². The Hall–Kier alpha value is -3.65. The quantitative estimate of drug-likeness (QED) is 0.346. The van der Waals surface area contributed by atoms with Crippen LogP contribution in [0.15, 0.2) is 35.9 Å². The van der Waals surface area contributed by atoms with Crippen molar-refractivity contribution in [2.45, 2.75) is 95.7 Å². The first-order chi connectivity index (χ1) is 22.4. The fourth-order valence-corrected chi connectivity index (χ4v) is 6.59. The summed E-state index contributed by atoms with van der Waals surface area (Å²) in [6.45, 7) is 8.29. The molecule has 14 heteroatoms. The summed E-state index contributed by atoms with van der Waals surface area (Å²) < 4.78 is 28.9. The molecule has 13 nitrogen and oxygen atoms in total. The molecule has 0 aromatic heterocycles. The number of carbonyl (C=O) groups is 4. The predicted molar refractivity (Wildman–Crippen MR) is 177 cm³/mol. The number of nitrogens with one attached hydrogen (secondary N) is 1. The average Bonchev–Trinajstić information content (AvgIpc) is 3.73. The molecule has 0 aliphatic carbocycles. The molecule has 1 aromatic rings. The van der Waals surface area contributed by atoms with Crippen molar-refractivity contribution in [2.75, 3.05) is 33.2 Å². The zero-order chi connectivity index (χ0) is 35.7. The van der Waals surface area contributed by atoms with E-state index in [0.717, 1.165) is 11.1 Å². The van der Waals surface area contributed by atoms with Gasteiger partial charge >= 0.3 is 12.1 Å². The number of esters is 1. The van der Waals surface area contributed by atoms with Gasteiger partial charge in [-0.25, -0.2) is 9.59 Å². The number of anilines is 1. The molecule has 2 fully saturated rings. The van der Waals surface area contributed by atoms with Crippen molar-refractivity contribution >= 4 is 41.2 Å². The highest BCUT2D eigenvalue weighted by Crippen LogP contribution is 2.49. The van der Waals surface area contributed by atoms with Crippen molar-refractivity contribution in [1.29, 1.82) is 0 Å². The average molecular weight is 692 g/mol. The molecule has 4 bridgehead atoms. The Bertz CT molecular complexity index is 1500. The number of nitrogens with zero attached hydrogens (tertiary/aromatic N) is 2. The van der Waals surface area contributed by atoms with Crippen molar-refractivity contribution in [3.8, 4) is 5.75 Å². The standard InChI is InChI=1S/C34H46ClN3O10/c1-18-11-10-12-26(45-9)34(43)17-25(46-32(42)36-34)19(2)30-33(5,48-30)27(47-31(41)20(3)37(6)21(4)39)16-28(40)38(7)23-14-22(13-18)15-24(44-8)29(23)35/h10-12,14-15,19-20,25-27,30,43H,13,16-17H2,1-9H3,(H,36,42)/b12-10-,18-11-/t19-,20+,25+,26-,27+,30+,33+,34+/m1/s1. The van der Waals surface area contributed by atoms with Crippen LogP contribution in [0, 0.1) is 5.92 Å². The molecule has 1 aromatic carbocycles. The van der Waals surface area contributed by atoms with Crippen LogP contribution in [0.3, 0.4) is 0 Å². The van der Waals surface area contributed by atoms with Crippen LogP contribution in [0.2, 0.25) is 5.02 Å². The molecule has 0 radical (unpaired) electrons. The molecule has 8 atom stereocenters. The van der Waals surface area contributed by atoms with Gasteiger partial charge in [-0.2, -0.15) is 0 Å². The lowest BCUT2D eigenvalue weighted by molar-refractivity contribution is -0.161. The zero-order valence-corrected chi connectivity index (χ0v) is 29.6. The monoisotopic (exact) mass is 691 g/mol. The van der Waals surface area contributed by atoms with Crippen LogP contribution < -0.4 is 15.0 Å². The number of benzene rings is 1. The second-order valence-electron chi connectivity index (χ2n) is 13.0. The van der Waals surface area contributed by atoms with Gasteiger partial charge in [0.2, 0.25) is 11.8 Å². The fraction of sp³-hybridized carbons (Fsp3) is 0.588. The van der Waals surface area contributed by atoms with Crippen molar-refractivity contribution in [2.24, 2.45) is 5.92 Å². The van der Waals surface area contributed by atoms with E-state index >= 15 is 0 Å². The molecule has 0 unspecified atom stereocenters. The van der Waals surface area contributed by atoms with Crippen molar-refractivity contribution in [3.63, 3.8) is 0 Å². The number of hydrogen-bond donors (Lipinski definition) is 2. The van der Waals surface area contributed by atoms with Gasteiger partial charge in [-0.1, -0.05) is 42.3 Å². The number of amides is 3. The summed E-state index contributed by atoms with van der Waals surface area (Å²) >= 11 is 6.71. The largest absolute Gasteiger partial charge is 0.495 e. The number of likely N-dealkylation sites (N-methyl/N-ethyl adjacent to an activating group) is 1. The Morgan fingerprint density at radius 3 is 2.56 bits per heavy atom. The molecule has 3 amide bonds. The summed E-state index contributed by atoms with van der Waals surface area (Å²) in [5.41, 5.74) is -0.871. The number of halogens is 1. The maximum absolute atomic E-state index is 14.0. The molecule has 0 saturated carbocycles. The van der Waals surface area contributed by atoms with E-state index in [1.165, 1.54) is 44.9 Å². The molecule has 264 valence electrons. The van der Waals surface area contributed by atoms with E-state index < -0.39 is 65.7 Å². The third-order valence-corrected chi connectivity index (χ3v) is 10.0. The van der Waals surface area contributed by atoms with Crippen LogP contribution in [-0.2, 0) is 39.8 Å². The van der Waals surface area contributed by atoms with Crippen molar-refractivity contribution in [3.05, 3.63) is 46.5 Å². The number of epoxide rings is 1. The molecule has 3 aliphatic rings. The Balaban J connectivity index is 1.80. The highest BCUT2D eigenvalue weighted by Gasteiger charge is 2.64. The predicted octanol–water partition coefficient (Wildman–Crippen LogP) is 3.53. The van der Waals surface area contributed by atoms with Gasteiger partial charge in [0.05, 0.1) is 25.3 Å². The van der Waals surface area contributed by atoms with E-state index in [4.69, 9.17) is 35.3 Å². The highest BCUT2D eigenvalue weighted by atomic mass is 35.5. The smallest absolute Gasteiger partial charge is 0.409 e. The third kappa shape index (κ3) is 7.64. The topological polar surface area (TPSA) is 156 Å². The number of ether oxygens (including phenoxy) is 5. The Morgan fingerprint density at radius 2 is 1.94 bits per heavy atom. The molecule has 3 heterocycles. The third-order valence-electron chi connectivity index (χ3n) is 9.63. The van der Waals surface area contributed by atoms with E-state index in [1.807, 2.05) is 13.0 Å². The molecule has 48 heavy (non-hydrogen) atoms. The van der Waals surface area contributed by atoms with Crippen LogP contribution in [0.4, 0.5) is 10.5 Å². The van der Waals surface area contributed by atoms with E-state index in [9.17, 15) is 24.3 Å². The lowest BCUT2D eigenvalue weighted by Gasteiger charge is -2.42. The second-order valence-corrected chi connectivity index (χ2v) is 13.4. The Morgan fingerprint density at radius 1 is 1.25 bits per heavy atom. The Labute approximate surface area is 286 Å². The summed E-state index contributed by atoms with van der Waals surface area (Å²) in [5.74, 6) is -1.63. The number of hydrogen-bond acceptors (Lipinski definition) is 10. The Kier molecular flexibility index (Phi) is 11.2. The summed E-state index contributed by atoms with van der Waals surface area (Å²) in [5, 5.41) is 14.4. The molecule has 2 saturated heterocycles. The lowest BCUT2D eigenvalue weighted by Crippen LogP contribution is -2.63. The van der Waals surface area contributed by atoms with Gasteiger partial charge in [0.25, 0.3) is 0 Å². The SMILES string of the molecule is COc1cc2cc(c1Cl)N(C)C(=O)C[C@H](OC(=O)[C@H](C)N(C)C(C)=O)[C@]1(C)O[C@H]1[C@H](C)[C@@H]1C[C@@](O)(NC(=O)O1)[C@H](OC)/C=C\C=C(\C)C2. The fourth-order valence-electron chi connectivity index (χ4n) is 6.27. The summed E-state index contributed by atoms with van der Waals surface area (Å²) in [6.07, 6.45) is 1.02. The number of carbonyl (C=O) groups excluding carboxylic acids is 4. The van der Waals surface area contributed by atoms with Crippen LogP contribution in [0.25, 0.3) is 0 Å². The van der Waals surface area contributed by atoms with E-state index in [2.05, 4.69) is 5.32 Å². The number of methoxy groups -OCH3 is 2. The first-order valence-corrected chi connectivity index (χ1v) is 16.2. The maximum atomic E-state index is 14.0. The summed E-state index contributed by atoms with van der Waals surface area (Å²) in [7, 11) is 5.97. The van der Waals surface area contributed by atoms with Crippen LogP contribution in [0.5, 0.6) is 5.75 Å². The van der Waals surface area contributed by atoms with Gasteiger partial charge < -0.3 is 38.6 Å². The first-order valence-electron chi connectivity index (χ1n) is 15.8. The van der Waals surface area contributed by atoms with E-state index in [-0.39, 0.29) is 23.8 Å². The van der Waals surface area contributed by atoms with Gasteiger partial charge in [0.1, 0.15) is 40.7 Å². The minimum atomic E-state index is -1.81. The lowest BCUT2D eigenvalue weighted by atomic mass is 9.83. The number of allylic oxidation sites excluding steroid dienone is 3. The number of rotatable bonds is 5. The second kappa shape index (κ2) is 14.5. The summed E-state index contributed by atoms with van der Waals surface area (Å²) in [6, 6.07) is 2.63. The van der Waals surface area contributed by atoms with Crippen molar-refractivity contribution < 1.29 is 48.0 Å². The van der Waals surface area contributed by atoms with Gasteiger partial charge in [0.15, 0.2) is 5.72 Å². The minimum Gasteiger partial charge on any atom is -0.495 e. The highest BCUT2D eigenvalue weighted by molar-refractivity contribution is 6.35. The minimum absolute atomic E-state index is 0.0436. The molecule has 3 aliphatic heterocycles. The van der Waals surface area contributed by atoms with Gasteiger partial charge in [-0.05, 0) is 44.9 Å².